The van der Waals surface area contributed by atoms with Crippen molar-refractivity contribution in [3.05, 3.63) is 35.4 Å². The molecule has 1 aromatic carbocycles. The molecule has 0 aliphatic carbocycles. The SMILES string of the molecule is Cc1cccc(C(=O)OC2CN3CCC2CC3)c1.Cl. The van der Waals surface area contributed by atoms with Crippen LogP contribution in [0.3, 0.4) is 0 Å². The van der Waals surface area contributed by atoms with E-state index in [-0.39, 0.29) is 24.5 Å². The number of ether oxygens (including phenoxy) is 1. The predicted octanol–water partition coefficient (Wildman–Crippen LogP) is 2.67. The second kappa shape index (κ2) is 5.93. The second-order valence-electron chi connectivity index (χ2n) is 5.45. The largest absolute Gasteiger partial charge is 0.457 e. The van der Waals surface area contributed by atoms with Crippen molar-refractivity contribution in [2.75, 3.05) is 19.6 Å². The number of rotatable bonds is 2. The summed E-state index contributed by atoms with van der Waals surface area (Å²) in [4.78, 5) is 14.5. The van der Waals surface area contributed by atoms with Crippen LogP contribution in [0.25, 0.3) is 0 Å². The van der Waals surface area contributed by atoms with E-state index in [0.717, 1.165) is 12.1 Å². The molecule has 19 heavy (non-hydrogen) atoms. The Kier molecular flexibility index (Phi) is 4.48. The van der Waals surface area contributed by atoms with Crippen LogP contribution in [0.2, 0.25) is 0 Å². The molecule has 0 N–H and O–H groups in total. The first-order valence-corrected chi connectivity index (χ1v) is 6.72. The van der Waals surface area contributed by atoms with Gasteiger partial charge in [-0.25, -0.2) is 4.79 Å². The van der Waals surface area contributed by atoms with E-state index >= 15 is 0 Å². The quantitative estimate of drug-likeness (QED) is 0.781. The van der Waals surface area contributed by atoms with Gasteiger partial charge in [0.15, 0.2) is 0 Å². The van der Waals surface area contributed by atoms with Gasteiger partial charge < -0.3 is 4.74 Å². The summed E-state index contributed by atoms with van der Waals surface area (Å²) >= 11 is 0. The average Bonchev–Trinajstić information content (AvgIpc) is 2.40. The lowest BCUT2D eigenvalue weighted by Gasteiger charge is -2.43. The van der Waals surface area contributed by atoms with Crippen molar-refractivity contribution in [2.45, 2.75) is 25.9 Å². The van der Waals surface area contributed by atoms with E-state index in [1.807, 2.05) is 31.2 Å². The summed E-state index contributed by atoms with van der Waals surface area (Å²) < 4.78 is 5.69. The van der Waals surface area contributed by atoms with Gasteiger partial charge in [0.1, 0.15) is 6.10 Å². The highest BCUT2D eigenvalue weighted by Gasteiger charge is 2.36. The summed E-state index contributed by atoms with van der Waals surface area (Å²) in [5.74, 6) is 0.404. The minimum atomic E-state index is -0.169. The lowest BCUT2D eigenvalue weighted by atomic mass is 9.86. The van der Waals surface area contributed by atoms with Gasteiger partial charge in [-0.1, -0.05) is 17.7 Å². The van der Waals surface area contributed by atoms with Crippen molar-refractivity contribution in [3.63, 3.8) is 0 Å². The maximum atomic E-state index is 12.1. The van der Waals surface area contributed by atoms with Crippen LogP contribution in [0.4, 0.5) is 0 Å². The van der Waals surface area contributed by atoms with Crippen LogP contribution in [0.15, 0.2) is 24.3 Å². The Morgan fingerprint density at radius 1 is 1.32 bits per heavy atom. The van der Waals surface area contributed by atoms with Crippen LogP contribution in [0.5, 0.6) is 0 Å². The zero-order chi connectivity index (χ0) is 12.5. The molecule has 1 atom stereocenters. The van der Waals surface area contributed by atoms with E-state index in [4.69, 9.17) is 4.74 Å². The van der Waals surface area contributed by atoms with Crippen molar-refractivity contribution in [2.24, 2.45) is 5.92 Å². The average molecular weight is 282 g/mol. The van der Waals surface area contributed by atoms with Gasteiger partial charge in [-0.15, -0.1) is 12.4 Å². The highest BCUT2D eigenvalue weighted by molar-refractivity contribution is 5.89. The van der Waals surface area contributed by atoms with Crippen LogP contribution in [0.1, 0.15) is 28.8 Å². The van der Waals surface area contributed by atoms with Crippen molar-refractivity contribution >= 4 is 18.4 Å². The maximum Gasteiger partial charge on any atom is 0.338 e. The summed E-state index contributed by atoms with van der Waals surface area (Å²) in [7, 11) is 0. The number of hydrogen-bond acceptors (Lipinski definition) is 3. The van der Waals surface area contributed by atoms with Crippen molar-refractivity contribution in [1.82, 2.24) is 4.90 Å². The molecule has 4 rings (SSSR count). The molecule has 104 valence electrons. The van der Waals surface area contributed by atoms with Gasteiger partial charge in [0.05, 0.1) is 5.56 Å². The molecular formula is C15H20ClNO2. The summed E-state index contributed by atoms with van der Waals surface area (Å²) in [5, 5.41) is 0. The fourth-order valence-corrected chi connectivity index (χ4v) is 3.02. The Balaban J connectivity index is 0.00000133. The Bertz CT molecular complexity index is 455. The third kappa shape index (κ3) is 3.10. The third-order valence-corrected chi connectivity index (χ3v) is 4.11. The summed E-state index contributed by atoms with van der Waals surface area (Å²) in [6, 6.07) is 7.62. The molecule has 0 spiro atoms. The standard InChI is InChI=1S/C15H19NO2.ClH/c1-11-3-2-4-13(9-11)15(17)18-14-10-16-7-5-12(14)6-8-16;/h2-4,9,12,14H,5-8,10H2,1H3;1H. The molecule has 1 unspecified atom stereocenters. The first kappa shape index (κ1) is 14.4. The fraction of sp³-hybridized carbons (Fsp3) is 0.533. The maximum absolute atomic E-state index is 12.1. The van der Waals surface area contributed by atoms with Gasteiger partial charge in [-0.3, -0.25) is 4.90 Å². The highest BCUT2D eigenvalue weighted by Crippen LogP contribution is 2.30. The molecule has 1 aromatic rings. The topological polar surface area (TPSA) is 29.5 Å². The van der Waals surface area contributed by atoms with Crippen molar-refractivity contribution in [1.29, 1.82) is 0 Å². The van der Waals surface area contributed by atoms with Gasteiger partial charge in [-0.2, -0.15) is 0 Å². The molecule has 3 saturated heterocycles. The van der Waals surface area contributed by atoms with Gasteiger partial charge in [-0.05, 0) is 50.9 Å². The Morgan fingerprint density at radius 2 is 2.05 bits per heavy atom. The van der Waals surface area contributed by atoms with E-state index in [1.54, 1.807) is 0 Å². The number of carbonyl (C=O) groups excluding carboxylic acids is 1. The molecule has 3 fully saturated rings. The number of esters is 1. The molecule has 3 nitrogen and oxygen atoms in total. The number of benzene rings is 1. The number of fused-ring (bicyclic) bond motifs is 3. The van der Waals surface area contributed by atoms with Crippen LogP contribution in [-0.4, -0.2) is 36.6 Å². The lowest BCUT2D eigenvalue weighted by Crippen LogP contribution is -2.51. The van der Waals surface area contributed by atoms with Crippen LogP contribution in [0, 0.1) is 12.8 Å². The normalized spacial score (nSPS) is 28.6. The predicted molar refractivity (Wildman–Crippen MR) is 76.8 cm³/mol. The number of halogens is 1. The van der Waals surface area contributed by atoms with E-state index in [1.165, 1.54) is 25.9 Å². The smallest absolute Gasteiger partial charge is 0.338 e. The monoisotopic (exact) mass is 281 g/mol. The van der Waals surface area contributed by atoms with E-state index in [2.05, 4.69) is 4.90 Å². The van der Waals surface area contributed by atoms with E-state index in [9.17, 15) is 4.79 Å². The molecule has 0 saturated carbocycles. The number of carbonyl (C=O) groups is 1. The molecule has 3 aliphatic heterocycles. The molecule has 0 radical (unpaired) electrons. The van der Waals surface area contributed by atoms with Gasteiger partial charge in [0.25, 0.3) is 0 Å². The Morgan fingerprint density at radius 3 is 2.63 bits per heavy atom. The number of hydrogen-bond donors (Lipinski definition) is 0. The van der Waals surface area contributed by atoms with E-state index in [0.29, 0.717) is 11.5 Å². The zero-order valence-corrected chi connectivity index (χ0v) is 12.0. The summed E-state index contributed by atoms with van der Waals surface area (Å²) in [6.07, 6.45) is 2.44. The molecule has 0 aromatic heterocycles. The molecule has 2 bridgehead atoms. The van der Waals surface area contributed by atoms with Crippen molar-refractivity contribution in [3.8, 4) is 0 Å². The number of piperidine rings is 3. The second-order valence-corrected chi connectivity index (χ2v) is 5.45. The Hall–Kier alpha value is -1.06. The van der Waals surface area contributed by atoms with E-state index < -0.39 is 0 Å². The molecule has 3 heterocycles. The molecule has 4 heteroatoms. The number of nitrogens with zero attached hydrogens (tertiary/aromatic N) is 1. The molecule has 3 aliphatic rings. The fourth-order valence-electron chi connectivity index (χ4n) is 3.02. The van der Waals surface area contributed by atoms with Crippen molar-refractivity contribution < 1.29 is 9.53 Å². The highest BCUT2D eigenvalue weighted by atomic mass is 35.5. The van der Waals surface area contributed by atoms with Crippen LogP contribution < -0.4 is 0 Å². The molecular weight excluding hydrogens is 262 g/mol. The minimum Gasteiger partial charge on any atom is -0.457 e. The first-order chi connectivity index (χ1) is 8.72. The van der Waals surface area contributed by atoms with Gasteiger partial charge in [0.2, 0.25) is 0 Å². The van der Waals surface area contributed by atoms with Gasteiger partial charge >= 0.3 is 5.97 Å². The lowest BCUT2D eigenvalue weighted by molar-refractivity contribution is -0.0455. The summed E-state index contributed by atoms with van der Waals surface area (Å²) in [5.41, 5.74) is 1.77. The van der Waals surface area contributed by atoms with Crippen LogP contribution >= 0.6 is 12.4 Å². The minimum absolute atomic E-state index is 0. The van der Waals surface area contributed by atoms with Gasteiger partial charge in [0, 0.05) is 6.54 Å². The third-order valence-electron chi connectivity index (χ3n) is 4.11. The Labute approximate surface area is 120 Å². The first-order valence-electron chi connectivity index (χ1n) is 6.72. The molecule has 0 amide bonds. The summed E-state index contributed by atoms with van der Waals surface area (Å²) in [6.45, 7) is 5.25. The number of aryl methyl sites for hydroxylation is 1. The van der Waals surface area contributed by atoms with Crippen LogP contribution in [-0.2, 0) is 4.74 Å². The zero-order valence-electron chi connectivity index (χ0n) is 11.2.